The summed E-state index contributed by atoms with van der Waals surface area (Å²) in [6.07, 6.45) is 0. The third-order valence-electron chi connectivity index (χ3n) is 4.54. The quantitative estimate of drug-likeness (QED) is 0.185. The van der Waals surface area contributed by atoms with Crippen molar-refractivity contribution in [2.75, 3.05) is 0 Å². The van der Waals surface area contributed by atoms with Crippen LogP contribution in [0.15, 0.2) is 131 Å². The zero-order chi connectivity index (χ0) is 19.9. The predicted octanol–water partition coefficient (Wildman–Crippen LogP) is 6.44. The van der Waals surface area contributed by atoms with Gasteiger partial charge in [0.1, 0.15) is 0 Å². The van der Waals surface area contributed by atoms with E-state index >= 15 is 0 Å². The minimum absolute atomic E-state index is 0. The van der Waals surface area contributed by atoms with Gasteiger partial charge in [0.2, 0.25) is 0 Å². The molecule has 0 aliphatic carbocycles. The van der Waals surface area contributed by atoms with E-state index in [-0.39, 0.29) is 24.8 Å². The van der Waals surface area contributed by atoms with E-state index in [1.807, 2.05) is 0 Å². The molecular weight excluding hydrogens is 546 g/mol. The standard InChI is InChI=1S/C26H21P2.2ClH.Ru/c1-5-13-23(14-6-1)27(24-15-7-2-8-16-24)21-22-28(25-17-9-3-10-18-25)26-19-11-4-12-20-26;;;/h1-21H;2*1H;. The SMILES string of the molecule is Cl.Cl.[Ru][C](=CP(c1ccccc1)c1ccccc1)P(c1ccccc1)c1ccccc1. The maximum atomic E-state index is 2.95. The number of benzene rings is 4. The third kappa shape index (κ3) is 6.83. The number of hydrogen-bond acceptors (Lipinski definition) is 0. The summed E-state index contributed by atoms with van der Waals surface area (Å²) in [6, 6.07) is 43.5. The van der Waals surface area contributed by atoms with Gasteiger partial charge in [-0.25, -0.2) is 0 Å². The van der Waals surface area contributed by atoms with Crippen molar-refractivity contribution in [3.63, 3.8) is 0 Å². The van der Waals surface area contributed by atoms with Crippen LogP contribution in [0.1, 0.15) is 0 Å². The molecule has 0 atom stereocenters. The molecule has 0 radical (unpaired) electrons. The minimum atomic E-state index is -0.579. The summed E-state index contributed by atoms with van der Waals surface area (Å²) in [7, 11) is -1.15. The van der Waals surface area contributed by atoms with E-state index in [0.29, 0.717) is 0 Å². The van der Waals surface area contributed by atoms with Crippen LogP contribution >= 0.6 is 40.7 Å². The van der Waals surface area contributed by atoms with Crippen LogP contribution in [0.5, 0.6) is 0 Å². The first-order valence-electron chi connectivity index (χ1n) is 9.48. The fourth-order valence-corrected chi connectivity index (χ4v) is 9.52. The first-order valence-corrected chi connectivity index (χ1v) is 13.1. The summed E-state index contributed by atoms with van der Waals surface area (Å²) in [6.45, 7) is 0. The fourth-order valence-electron chi connectivity index (χ4n) is 3.18. The Hall–Kier alpha value is -1.32. The van der Waals surface area contributed by atoms with Crippen molar-refractivity contribution in [3.05, 3.63) is 131 Å². The van der Waals surface area contributed by atoms with E-state index in [1.54, 1.807) is 0 Å². The average molecular weight is 569 g/mol. The van der Waals surface area contributed by atoms with Crippen molar-refractivity contribution in [1.82, 2.24) is 0 Å². The van der Waals surface area contributed by atoms with E-state index in [1.165, 1.54) is 25.1 Å². The molecule has 31 heavy (non-hydrogen) atoms. The Morgan fingerprint density at radius 1 is 0.484 bits per heavy atom. The molecule has 4 rings (SSSR count). The van der Waals surface area contributed by atoms with Crippen molar-refractivity contribution in [2.24, 2.45) is 0 Å². The number of halogens is 2. The van der Waals surface area contributed by atoms with Crippen LogP contribution in [0.3, 0.4) is 0 Å². The predicted molar refractivity (Wildman–Crippen MR) is 141 cm³/mol. The Labute approximate surface area is 210 Å². The Kier molecular flexibility index (Phi) is 11.1. The summed E-state index contributed by atoms with van der Waals surface area (Å²) in [5.41, 5.74) is 0. The molecule has 0 unspecified atom stereocenters. The first-order chi connectivity index (χ1) is 14.3. The van der Waals surface area contributed by atoms with Crippen LogP contribution in [0.2, 0.25) is 0 Å². The van der Waals surface area contributed by atoms with Gasteiger partial charge in [-0.2, -0.15) is 0 Å². The molecule has 0 fully saturated rings. The molecule has 0 aliphatic rings. The monoisotopic (exact) mass is 569 g/mol. The third-order valence-corrected chi connectivity index (χ3v) is 10.9. The summed E-state index contributed by atoms with van der Waals surface area (Å²) < 4.78 is 1.38. The van der Waals surface area contributed by atoms with Crippen LogP contribution in [-0.2, 0) is 18.3 Å². The zero-order valence-corrected chi connectivity index (χ0v) is 21.8. The van der Waals surface area contributed by atoms with Crippen LogP contribution in [-0.4, -0.2) is 0 Å². The van der Waals surface area contributed by atoms with Crippen LogP contribution in [0, 0.1) is 0 Å². The molecule has 0 saturated carbocycles. The molecule has 0 saturated heterocycles. The van der Waals surface area contributed by atoms with E-state index in [2.05, 4.69) is 145 Å². The van der Waals surface area contributed by atoms with Gasteiger partial charge < -0.3 is 0 Å². The van der Waals surface area contributed by atoms with E-state index < -0.39 is 15.8 Å². The van der Waals surface area contributed by atoms with Crippen molar-refractivity contribution < 1.29 is 18.3 Å². The second-order valence-corrected chi connectivity index (χ2v) is 12.3. The van der Waals surface area contributed by atoms with Crippen molar-refractivity contribution in [2.45, 2.75) is 0 Å². The second kappa shape index (κ2) is 13.3. The molecular formula is C26H23Cl2P2Ru. The van der Waals surface area contributed by atoms with E-state index in [0.717, 1.165) is 0 Å². The molecule has 159 valence electrons. The average Bonchev–Trinajstić information content (AvgIpc) is 2.80. The molecule has 0 N–H and O–H groups in total. The number of rotatable bonds is 6. The van der Waals surface area contributed by atoms with Gasteiger partial charge in [-0.05, 0) is 0 Å². The van der Waals surface area contributed by atoms with Crippen molar-refractivity contribution >= 4 is 61.9 Å². The van der Waals surface area contributed by atoms with Gasteiger partial charge in [-0.1, -0.05) is 0 Å². The van der Waals surface area contributed by atoms with Crippen LogP contribution in [0.4, 0.5) is 0 Å². The molecule has 5 heteroatoms. The molecule has 0 nitrogen and oxygen atoms in total. The van der Waals surface area contributed by atoms with Crippen molar-refractivity contribution in [1.29, 1.82) is 0 Å². The Balaban J connectivity index is 0.00000171. The fraction of sp³-hybridized carbons (Fsp3) is 0. The Bertz CT molecular complexity index is 981. The molecule has 0 aliphatic heterocycles. The number of hydrogen-bond donors (Lipinski definition) is 0. The van der Waals surface area contributed by atoms with Gasteiger partial charge in [-0.15, -0.1) is 24.8 Å². The summed E-state index contributed by atoms with van der Waals surface area (Å²) in [5, 5.41) is 5.53. The van der Waals surface area contributed by atoms with Gasteiger partial charge in [0.05, 0.1) is 0 Å². The van der Waals surface area contributed by atoms with Gasteiger partial charge in [0, 0.05) is 0 Å². The van der Waals surface area contributed by atoms with Gasteiger partial charge >= 0.3 is 186 Å². The molecule has 4 aromatic rings. The molecule has 4 aromatic carbocycles. The topological polar surface area (TPSA) is 0 Å². The summed E-state index contributed by atoms with van der Waals surface area (Å²) in [4.78, 5) is 0. The molecule has 0 spiro atoms. The summed E-state index contributed by atoms with van der Waals surface area (Å²) in [5.74, 6) is 2.50. The van der Waals surface area contributed by atoms with Crippen molar-refractivity contribution in [3.8, 4) is 0 Å². The van der Waals surface area contributed by atoms with E-state index in [9.17, 15) is 0 Å². The van der Waals surface area contributed by atoms with Gasteiger partial charge in [0.15, 0.2) is 0 Å². The Morgan fingerprint density at radius 2 is 0.774 bits per heavy atom. The first kappa shape index (κ1) is 25.9. The van der Waals surface area contributed by atoms with Gasteiger partial charge in [0.25, 0.3) is 0 Å². The summed E-state index contributed by atoms with van der Waals surface area (Å²) >= 11 is 2.95. The normalized spacial score (nSPS) is 11.0. The molecule has 0 aromatic heterocycles. The molecule has 0 heterocycles. The van der Waals surface area contributed by atoms with E-state index in [4.69, 9.17) is 0 Å². The second-order valence-electron chi connectivity index (χ2n) is 6.49. The maximum absolute atomic E-state index is 2.95. The van der Waals surface area contributed by atoms with Gasteiger partial charge in [-0.3, -0.25) is 0 Å². The van der Waals surface area contributed by atoms with Crippen LogP contribution in [0.25, 0.3) is 0 Å². The van der Waals surface area contributed by atoms with Crippen LogP contribution < -0.4 is 21.2 Å². The zero-order valence-electron chi connectivity index (χ0n) is 16.7. The molecule has 0 bridgehead atoms. The Morgan fingerprint density at radius 3 is 1.10 bits per heavy atom. The molecule has 0 amide bonds.